The number of para-hydroxylation sites is 1. The highest BCUT2D eigenvalue weighted by atomic mass is 79.9. The van der Waals surface area contributed by atoms with Crippen LogP contribution >= 0.6 is 27.3 Å². The quantitative estimate of drug-likeness (QED) is 0.649. The number of benzene rings is 1. The van der Waals surface area contributed by atoms with E-state index in [1.54, 1.807) is 0 Å². The molecule has 0 bridgehead atoms. The summed E-state index contributed by atoms with van der Waals surface area (Å²) in [6, 6.07) is 13.1. The third-order valence-electron chi connectivity index (χ3n) is 4.02. The molecule has 2 aromatic heterocycles. The van der Waals surface area contributed by atoms with Crippen LogP contribution in [0.2, 0.25) is 0 Å². The van der Waals surface area contributed by atoms with Gasteiger partial charge in [0, 0.05) is 10.3 Å². The monoisotopic (exact) mass is 358 g/mol. The summed E-state index contributed by atoms with van der Waals surface area (Å²) < 4.78 is 1.23. The second-order valence-electron chi connectivity index (χ2n) is 5.43. The standard InChI is InChI=1S/C17H15BrN2S/c18-17-9-13-15(6-3-7-16(13)21-17)20-12-8-11-4-1-2-5-14(11)19-10-12/h1-2,4-5,8-10,15,20H,3,6-7H2. The molecule has 21 heavy (non-hydrogen) atoms. The first-order valence-corrected chi connectivity index (χ1v) is 8.80. The second kappa shape index (κ2) is 5.43. The number of halogens is 1. The molecule has 0 spiro atoms. The van der Waals surface area contributed by atoms with Crippen molar-refractivity contribution in [3.05, 3.63) is 56.8 Å². The van der Waals surface area contributed by atoms with Crippen LogP contribution in [0.15, 0.2) is 46.4 Å². The largest absolute Gasteiger partial charge is 0.377 e. The number of nitrogens with one attached hydrogen (secondary N) is 1. The molecule has 4 heteroatoms. The summed E-state index contributed by atoms with van der Waals surface area (Å²) in [6.07, 6.45) is 5.58. The molecule has 1 atom stereocenters. The Morgan fingerprint density at radius 2 is 2.14 bits per heavy atom. The summed E-state index contributed by atoms with van der Waals surface area (Å²) in [5, 5.41) is 4.85. The van der Waals surface area contributed by atoms with Crippen LogP contribution < -0.4 is 5.32 Å². The van der Waals surface area contributed by atoms with Gasteiger partial charge in [-0.15, -0.1) is 11.3 Å². The summed E-state index contributed by atoms with van der Waals surface area (Å²) >= 11 is 5.48. The highest BCUT2D eigenvalue weighted by Gasteiger charge is 2.22. The van der Waals surface area contributed by atoms with E-state index in [0.717, 1.165) is 11.2 Å². The van der Waals surface area contributed by atoms with E-state index in [1.807, 2.05) is 29.7 Å². The molecule has 2 nitrogen and oxygen atoms in total. The van der Waals surface area contributed by atoms with Crippen LogP contribution in [0.25, 0.3) is 10.9 Å². The van der Waals surface area contributed by atoms with Gasteiger partial charge in [-0.25, -0.2) is 0 Å². The third-order valence-corrected chi connectivity index (χ3v) is 5.73. The van der Waals surface area contributed by atoms with E-state index in [1.165, 1.54) is 38.9 Å². The molecule has 0 saturated heterocycles. The number of aryl methyl sites for hydroxylation is 1. The molecule has 0 amide bonds. The Morgan fingerprint density at radius 3 is 3.10 bits per heavy atom. The zero-order valence-corrected chi connectivity index (χ0v) is 13.9. The Hall–Kier alpha value is -1.39. The number of hydrogen-bond acceptors (Lipinski definition) is 3. The average Bonchev–Trinajstić information content (AvgIpc) is 2.89. The maximum absolute atomic E-state index is 4.54. The number of thiophene rings is 1. The van der Waals surface area contributed by atoms with Crippen molar-refractivity contribution in [2.24, 2.45) is 0 Å². The van der Waals surface area contributed by atoms with E-state index in [2.05, 4.69) is 50.5 Å². The van der Waals surface area contributed by atoms with Crippen LogP contribution in [-0.2, 0) is 6.42 Å². The van der Waals surface area contributed by atoms with Gasteiger partial charge in [0.15, 0.2) is 0 Å². The molecule has 1 unspecified atom stereocenters. The SMILES string of the molecule is Brc1cc2c(s1)CCCC2Nc1cnc2ccccc2c1. The van der Waals surface area contributed by atoms with Crippen molar-refractivity contribution in [1.82, 2.24) is 4.98 Å². The van der Waals surface area contributed by atoms with E-state index in [4.69, 9.17) is 0 Å². The molecule has 1 aromatic carbocycles. The molecule has 1 aliphatic rings. The Kier molecular flexibility index (Phi) is 3.43. The lowest BCUT2D eigenvalue weighted by atomic mass is 9.94. The molecule has 0 saturated carbocycles. The molecule has 106 valence electrons. The number of nitrogens with zero attached hydrogens (tertiary/aromatic N) is 1. The topological polar surface area (TPSA) is 24.9 Å². The first kappa shape index (κ1) is 13.3. The van der Waals surface area contributed by atoms with Crippen LogP contribution in [0.3, 0.4) is 0 Å². The summed E-state index contributed by atoms with van der Waals surface area (Å²) in [7, 11) is 0. The summed E-state index contributed by atoms with van der Waals surface area (Å²) in [6.45, 7) is 0. The zero-order chi connectivity index (χ0) is 14.2. The Labute approximate surface area is 136 Å². The first-order chi connectivity index (χ1) is 10.3. The Morgan fingerprint density at radius 1 is 1.24 bits per heavy atom. The van der Waals surface area contributed by atoms with Gasteiger partial charge in [-0.1, -0.05) is 18.2 Å². The van der Waals surface area contributed by atoms with E-state index in [0.29, 0.717) is 6.04 Å². The summed E-state index contributed by atoms with van der Waals surface area (Å²) in [5.41, 5.74) is 3.60. The molecular formula is C17H15BrN2S. The minimum Gasteiger partial charge on any atom is -0.377 e. The van der Waals surface area contributed by atoms with Gasteiger partial charge in [-0.05, 0) is 59.0 Å². The van der Waals surface area contributed by atoms with Crippen LogP contribution in [0.5, 0.6) is 0 Å². The van der Waals surface area contributed by atoms with E-state index in [-0.39, 0.29) is 0 Å². The van der Waals surface area contributed by atoms with Gasteiger partial charge < -0.3 is 5.32 Å². The number of anilines is 1. The summed E-state index contributed by atoms with van der Waals surface area (Å²) in [5.74, 6) is 0. The first-order valence-electron chi connectivity index (χ1n) is 7.19. The molecule has 1 N–H and O–H groups in total. The van der Waals surface area contributed by atoms with Crippen molar-refractivity contribution in [2.75, 3.05) is 5.32 Å². The lowest BCUT2D eigenvalue weighted by Crippen LogP contribution is -2.15. The number of pyridine rings is 1. The lowest BCUT2D eigenvalue weighted by molar-refractivity contribution is 0.608. The molecule has 0 radical (unpaired) electrons. The molecule has 0 fully saturated rings. The van der Waals surface area contributed by atoms with Gasteiger partial charge in [0.25, 0.3) is 0 Å². The predicted octanol–water partition coefficient (Wildman–Crippen LogP) is 5.55. The van der Waals surface area contributed by atoms with Crippen LogP contribution in [-0.4, -0.2) is 4.98 Å². The minimum atomic E-state index is 0.402. The Bertz CT molecular complexity index is 796. The van der Waals surface area contributed by atoms with Gasteiger partial charge in [0.2, 0.25) is 0 Å². The van der Waals surface area contributed by atoms with Crippen molar-refractivity contribution in [3.8, 4) is 0 Å². The Balaban J connectivity index is 1.66. The fourth-order valence-electron chi connectivity index (χ4n) is 3.02. The van der Waals surface area contributed by atoms with Gasteiger partial charge in [-0.2, -0.15) is 0 Å². The number of fused-ring (bicyclic) bond motifs is 2. The molecule has 4 rings (SSSR count). The number of rotatable bonds is 2. The van der Waals surface area contributed by atoms with Crippen molar-refractivity contribution in [1.29, 1.82) is 0 Å². The van der Waals surface area contributed by atoms with E-state index >= 15 is 0 Å². The van der Waals surface area contributed by atoms with Crippen molar-refractivity contribution >= 4 is 43.9 Å². The fourth-order valence-corrected chi connectivity index (χ4v) is 4.84. The molecule has 2 heterocycles. The second-order valence-corrected chi connectivity index (χ2v) is 7.95. The molecule has 3 aromatic rings. The highest BCUT2D eigenvalue weighted by molar-refractivity contribution is 9.11. The van der Waals surface area contributed by atoms with Crippen molar-refractivity contribution < 1.29 is 0 Å². The summed E-state index contributed by atoms with van der Waals surface area (Å²) in [4.78, 5) is 6.05. The number of aromatic nitrogens is 1. The predicted molar refractivity (Wildman–Crippen MR) is 93.1 cm³/mol. The minimum absolute atomic E-state index is 0.402. The van der Waals surface area contributed by atoms with Crippen LogP contribution in [0, 0.1) is 0 Å². The van der Waals surface area contributed by atoms with Crippen LogP contribution in [0.4, 0.5) is 5.69 Å². The third kappa shape index (κ3) is 2.58. The highest BCUT2D eigenvalue weighted by Crippen LogP contribution is 2.39. The van der Waals surface area contributed by atoms with Crippen molar-refractivity contribution in [3.63, 3.8) is 0 Å². The maximum atomic E-state index is 4.54. The molecule has 1 aliphatic carbocycles. The van der Waals surface area contributed by atoms with Gasteiger partial charge in [-0.3, -0.25) is 4.98 Å². The smallest absolute Gasteiger partial charge is 0.0705 e. The normalized spacial score (nSPS) is 17.7. The van der Waals surface area contributed by atoms with E-state index in [9.17, 15) is 0 Å². The van der Waals surface area contributed by atoms with Crippen molar-refractivity contribution in [2.45, 2.75) is 25.3 Å². The molecular weight excluding hydrogens is 344 g/mol. The fraction of sp³-hybridized carbons (Fsp3) is 0.235. The van der Waals surface area contributed by atoms with E-state index < -0.39 is 0 Å². The molecule has 0 aliphatic heterocycles. The maximum Gasteiger partial charge on any atom is 0.0705 e. The van der Waals surface area contributed by atoms with Crippen LogP contribution in [0.1, 0.15) is 29.3 Å². The number of hydrogen-bond donors (Lipinski definition) is 1. The average molecular weight is 359 g/mol. The van der Waals surface area contributed by atoms with Gasteiger partial charge >= 0.3 is 0 Å². The van der Waals surface area contributed by atoms with Gasteiger partial charge in [0.05, 0.1) is 27.2 Å². The lowest BCUT2D eigenvalue weighted by Gasteiger charge is -2.24. The zero-order valence-electron chi connectivity index (χ0n) is 11.5. The van der Waals surface area contributed by atoms with Gasteiger partial charge in [0.1, 0.15) is 0 Å².